The summed E-state index contributed by atoms with van der Waals surface area (Å²) in [5.41, 5.74) is 2.28. The molecule has 0 aliphatic carbocycles. The first kappa shape index (κ1) is 25.6. The standard InChI is InChI=1S/C30H32ClN3O2/c1-3-4-10-21-33(28(35)20-15-23-11-6-5-7-12-23)22(2)29-32-27-14-9-8-13-26(27)30(36)34(29)25-18-16-24(31)17-19-25/h5-9,11-14,16-19,22H,3-4,10,15,20-21H2,1-2H3. The fourth-order valence-corrected chi connectivity index (χ4v) is 4.64. The van der Waals surface area contributed by atoms with E-state index in [9.17, 15) is 9.59 Å². The van der Waals surface area contributed by atoms with Gasteiger partial charge in [0.1, 0.15) is 5.82 Å². The van der Waals surface area contributed by atoms with E-state index in [-0.39, 0.29) is 11.5 Å². The predicted molar refractivity (Wildman–Crippen MR) is 147 cm³/mol. The summed E-state index contributed by atoms with van der Waals surface area (Å²) in [6, 6.07) is 24.2. The highest BCUT2D eigenvalue weighted by Crippen LogP contribution is 2.25. The largest absolute Gasteiger partial charge is 0.333 e. The molecule has 0 fully saturated rings. The number of benzene rings is 3. The van der Waals surface area contributed by atoms with Crippen LogP contribution in [0.3, 0.4) is 0 Å². The van der Waals surface area contributed by atoms with Crippen LogP contribution in [0, 0.1) is 0 Å². The first-order valence-electron chi connectivity index (χ1n) is 12.6. The lowest BCUT2D eigenvalue weighted by atomic mass is 10.1. The van der Waals surface area contributed by atoms with Gasteiger partial charge >= 0.3 is 0 Å². The first-order chi connectivity index (χ1) is 17.5. The van der Waals surface area contributed by atoms with E-state index >= 15 is 0 Å². The quantitative estimate of drug-likeness (QED) is 0.226. The fraction of sp³-hybridized carbons (Fsp3) is 0.300. The number of fused-ring (bicyclic) bond motifs is 1. The Balaban J connectivity index is 1.75. The summed E-state index contributed by atoms with van der Waals surface area (Å²) in [6.45, 7) is 4.73. The number of nitrogens with zero attached hydrogens (tertiary/aromatic N) is 3. The molecule has 1 amide bonds. The number of hydrogen-bond donors (Lipinski definition) is 0. The van der Waals surface area contributed by atoms with E-state index in [1.165, 1.54) is 0 Å². The van der Waals surface area contributed by atoms with E-state index in [0.717, 1.165) is 24.8 Å². The average Bonchev–Trinajstić information content (AvgIpc) is 2.91. The molecule has 0 bridgehead atoms. The van der Waals surface area contributed by atoms with E-state index in [0.29, 0.717) is 46.8 Å². The van der Waals surface area contributed by atoms with Crippen molar-refractivity contribution in [2.45, 2.75) is 52.0 Å². The maximum absolute atomic E-state index is 13.7. The Hall–Kier alpha value is -3.44. The number of unbranched alkanes of at least 4 members (excludes halogenated alkanes) is 2. The molecule has 6 heteroatoms. The van der Waals surface area contributed by atoms with Crippen LogP contribution in [-0.4, -0.2) is 26.9 Å². The third-order valence-electron chi connectivity index (χ3n) is 6.52. The molecule has 0 N–H and O–H groups in total. The highest BCUT2D eigenvalue weighted by molar-refractivity contribution is 6.30. The third kappa shape index (κ3) is 5.85. The van der Waals surface area contributed by atoms with Crippen LogP contribution in [-0.2, 0) is 11.2 Å². The Morgan fingerprint density at radius 1 is 0.972 bits per heavy atom. The van der Waals surface area contributed by atoms with Crippen LogP contribution in [0.4, 0.5) is 0 Å². The number of carbonyl (C=O) groups is 1. The van der Waals surface area contributed by atoms with Crippen molar-refractivity contribution >= 4 is 28.4 Å². The Kier molecular flexibility index (Phi) is 8.55. The molecule has 4 rings (SSSR count). The van der Waals surface area contributed by atoms with Gasteiger partial charge in [-0.1, -0.05) is 73.8 Å². The van der Waals surface area contributed by atoms with Crippen molar-refractivity contribution in [1.29, 1.82) is 0 Å². The molecule has 0 aliphatic heterocycles. The molecule has 1 unspecified atom stereocenters. The second-order valence-electron chi connectivity index (χ2n) is 9.06. The van der Waals surface area contributed by atoms with Crippen LogP contribution in [0.15, 0.2) is 83.7 Å². The van der Waals surface area contributed by atoms with Crippen molar-refractivity contribution in [3.63, 3.8) is 0 Å². The summed E-state index contributed by atoms with van der Waals surface area (Å²) < 4.78 is 1.63. The highest BCUT2D eigenvalue weighted by atomic mass is 35.5. The highest BCUT2D eigenvalue weighted by Gasteiger charge is 2.26. The molecule has 36 heavy (non-hydrogen) atoms. The fourth-order valence-electron chi connectivity index (χ4n) is 4.52. The van der Waals surface area contributed by atoms with Gasteiger partial charge in [0.2, 0.25) is 5.91 Å². The molecule has 186 valence electrons. The van der Waals surface area contributed by atoms with Crippen LogP contribution >= 0.6 is 11.6 Å². The van der Waals surface area contributed by atoms with E-state index in [1.807, 2.05) is 72.5 Å². The summed E-state index contributed by atoms with van der Waals surface area (Å²) in [7, 11) is 0. The number of rotatable bonds is 10. The molecular weight excluding hydrogens is 470 g/mol. The van der Waals surface area contributed by atoms with Gasteiger partial charge in [0, 0.05) is 18.0 Å². The smallest absolute Gasteiger partial charge is 0.266 e. The molecule has 0 aliphatic rings. The number of aryl methyl sites for hydroxylation is 1. The average molecular weight is 502 g/mol. The number of para-hydroxylation sites is 1. The molecule has 1 aromatic heterocycles. The zero-order valence-corrected chi connectivity index (χ0v) is 21.6. The zero-order chi connectivity index (χ0) is 25.5. The van der Waals surface area contributed by atoms with Gasteiger partial charge in [-0.15, -0.1) is 0 Å². The van der Waals surface area contributed by atoms with Gasteiger partial charge in [-0.3, -0.25) is 14.2 Å². The lowest BCUT2D eigenvalue weighted by Gasteiger charge is -2.31. The molecule has 1 heterocycles. The van der Waals surface area contributed by atoms with Gasteiger partial charge in [0.25, 0.3) is 5.56 Å². The summed E-state index contributed by atoms with van der Waals surface area (Å²) in [4.78, 5) is 34.1. The van der Waals surface area contributed by atoms with Crippen molar-refractivity contribution < 1.29 is 4.79 Å². The number of halogens is 1. The van der Waals surface area contributed by atoms with E-state index in [2.05, 4.69) is 6.92 Å². The summed E-state index contributed by atoms with van der Waals surface area (Å²) in [6.07, 6.45) is 4.07. The maximum atomic E-state index is 13.7. The van der Waals surface area contributed by atoms with Crippen LogP contribution in [0.2, 0.25) is 5.02 Å². The van der Waals surface area contributed by atoms with Gasteiger partial charge in [-0.05, 0) is 61.7 Å². The van der Waals surface area contributed by atoms with Crippen molar-refractivity contribution in [2.75, 3.05) is 6.54 Å². The number of carbonyl (C=O) groups excluding carboxylic acids is 1. The molecule has 0 saturated carbocycles. The molecule has 0 saturated heterocycles. The van der Waals surface area contributed by atoms with E-state index in [4.69, 9.17) is 16.6 Å². The van der Waals surface area contributed by atoms with Crippen LogP contribution in [0.5, 0.6) is 0 Å². The van der Waals surface area contributed by atoms with Crippen LogP contribution < -0.4 is 5.56 Å². The molecule has 1 atom stereocenters. The lowest BCUT2D eigenvalue weighted by Crippen LogP contribution is -2.38. The molecule has 0 spiro atoms. The monoisotopic (exact) mass is 501 g/mol. The summed E-state index contributed by atoms with van der Waals surface area (Å²) in [5.74, 6) is 0.609. The van der Waals surface area contributed by atoms with Gasteiger partial charge in [-0.2, -0.15) is 0 Å². The van der Waals surface area contributed by atoms with Gasteiger partial charge in [-0.25, -0.2) is 4.98 Å². The molecule has 4 aromatic rings. The minimum absolute atomic E-state index is 0.0625. The van der Waals surface area contributed by atoms with Crippen molar-refractivity contribution in [1.82, 2.24) is 14.5 Å². The number of amides is 1. The zero-order valence-electron chi connectivity index (χ0n) is 20.9. The Labute approximate surface area is 217 Å². The van der Waals surface area contributed by atoms with Gasteiger partial charge < -0.3 is 4.90 Å². The lowest BCUT2D eigenvalue weighted by molar-refractivity contribution is -0.133. The Morgan fingerprint density at radius 3 is 2.39 bits per heavy atom. The van der Waals surface area contributed by atoms with Gasteiger partial charge in [0.05, 0.1) is 22.6 Å². The summed E-state index contributed by atoms with van der Waals surface area (Å²) in [5, 5.41) is 1.13. The topological polar surface area (TPSA) is 55.2 Å². The molecule has 0 radical (unpaired) electrons. The minimum atomic E-state index is -0.391. The second kappa shape index (κ2) is 12.0. The summed E-state index contributed by atoms with van der Waals surface area (Å²) >= 11 is 6.13. The van der Waals surface area contributed by atoms with Crippen molar-refractivity contribution in [3.05, 3.63) is 106 Å². The Bertz CT molecular complexity index is 1370. The maximum Gasteiger partial charge on any atom is 0.266 e. The molecular formula is C30H32ClN3O2. The molecule has 3 aromatic carbocycles. The van der Waals surface area contributed by atoms with Crippen LogP contribution in [0.25, 0.3) is 16.6 Å². The second-order valence-corrected chi connectivity index (χ2v) is 9.50. The number of aromatic nitrogens is 2. The third-order valence-corrected chi connectivity index (χ3v) is 6.77. The van der Waals surface area contributed by atoms with Crippen LogP contribution in [0.1, 0.15) is 57.0 Å². The predicted octanol–water partition coefficient (Wildman–Crippen LogP) is 6.75. The van der Waals surface area contributed by atoms with Gasteiger partial charge in [0.15, 0.2) is 0 Å². The Morgan fingerprint density at radius 2 is 1.67 bits per heavy atom. The minimum Gasteiger partial charge on any atom is -0.333 e. The van der Waals surface area contributed by atoms with Crippen molar-refractivity contribution in [3.8, 4) is 5.69 Å². The van der Waals surface area contributed by atoms with E-state index < -0.39 is 6.04 Å². The number of hydrogen-bond acceptors (Lipinski definition) is 3. The SMILES string of the molecule is CCCCCN(C(=O)CCc1ccccc1)C(C)c1nc2ccccc2c(=O)n1-c1ccc(Cl)cc1. The van der Waals surface area contributed by atoms with Crippen molar-refractivity contribution in [2.24, 2.45) is 0 Å². The first-order valence-corrected chi connectivity index (χ1v) is 13.0. The van der Waals surface area contributed by atoms with E-state index in [1.54, 1.807) is 22.8 Å². The normalized spacial score (nSPS) is 12.0. The molecule has 5 nitrogen and oxygen atoms in total.